The molecule has 0 saturated heterocycles. The van der Waals surface area contributed by atoms with E-state index in [1.165, 1.54) is 6.07 Å². The molecule has 3 unspecified atom stereocenters. The van der Waals surface area contributed by atoms with Crippen molar-refractivity contribution in [3.63, 3.8) is 0 Å². The van der Waals surface area contributed by atoms with Crippen LogP contribution in [-0.4, -0.2) is 16.4 Å². The molecule has 3 atom stereocenters. The summed E-state index contributed by atoms with van der Waals surface area (Å²) in [6.07, 6.45) is -5.64. The van der Waals surface area contributed by atoms with Crippen LogP contribution in [0.2, 0.25) is 5.02 Å². The molecule has 1 aliphatic rings. The third-order valence-electron chi connectivity index (χ3n) is 5.15. The Balaban J connectivity index is 2.42. The van der Waals surface area contributed by atoms with Gasteiger partial charge >= 0.3 is 6.18 Å². The highest BCUT2D eigenvalue weighted by Crippen LogP contribution is 2.54. The number of ether oxygens (including phenoxy) is 1. The molecule has 5 nitrogen and oxygen atoms in total. The van der Waals surface area contributed by atoms with Crippen molar-refractivity contribution < 1.29 is 17.9 Å². The Bertz CT molecular complexity index is 918. The summed E-state index contributed by atoms with van der Waals surface area (Å²) >= 11 is 6.04. The SMILES string of the molecule is Cc1[nH]nc2c1C(c1cc(Cl)cc(C(F)(F)F)c1)(C(C)C)C(C#N)C(N)O2. The molecule has 2 aromatic rings. The zero-order valence-corrected chi connectivity index (χ0v) is 15.6. The van der Waals surface area contributed by atoms with E-state index in [0.29, 0.717) is 11.3 Å². The lowest BCUT2D eigenvalue weighted by atomic mass is 9.58. The number of hydrogen-bond acceptors (Lipinski definition) is 4. The lowest BCUT2D eigenvalue weighted by molar-refractivity contribution is -0.137. The number of H-pyrrole nitrogens is 1. The number of benzene rings is 1. The fourth-order valence-electron chi connectivity index (χ4n) is 4.06. The van der Waals surface area contributed by atoms with Crippen molar-refractivity contribution in [1.82, 2.24) is 10.2 Å². The van der Waals surface area contributed by atoms with E-state index in [2.05, 4.69) is 16.3 Å². The summed E-state index contributed by atoms with van der Waals surface area (Å²) < 4.78 is 45.8. The summed E-state index contributed by atoms with van der Waals surface area (Å²) in [7, 11) is 0. The van der Waals surface area contributed by atoms with Crippen molar-refractivity contribution in [2.75, 3.05) is 0 Å². The predicted octanol–water partition coefficient (Wildman–Crippen LogP) is 4.15. The fraction of sp³-hybridized carbons (Fsp3) is 0.444. The van der Waals surface area contributed by atoms with Crippen molar-refractivity contribution in [1.29, 1.82) is 5.26 Å². The van der Waals surface area contributed by atoms with Gasteiger partial charge in [0.15, 0.2) is 6.23 Å². The first-order chi connectivity index (χ1) is 12.5. The summed E-state index contributed by atoms with van der Waals surface area (Å²) in [5, 5.41) is 16.7. The van der Waals surface area contributed by atoms with Gasteiger partial charge in [-0.25, -0.2) is 0 Å². The van der Waals surface area contributed by atoms with Crippen molar-refractivity contribution in [2.24, 2.45) is 17.6 Å². The van der Waals surface area contributed by atoms with Gasteiger partial charge in [-0.3, -0.25) is 10.8 Å². The summed E-state index contributed by atoms with van der Waals surface area (Å²) in [6, 6.07) is 5.49. The Morgan fingerprint density at radius 1 is 1.37 bits per heavy atom. The number of fused-ring (bicyclic) bond motifs is 1. The molecular weight excluding hydrogens is 381 g/mol. The van der Waals surface area contributed by atoms with E-state index in [4.69, 9.17) is 22.1 Å². The van der Waals surface area contributed by atoms with Crippen molar-refractivity contribution in [2.45, 2.75) is 38.6 Å². The van der Waals surface area contributed by atoms with Crippen molar-refractivity contribution in [3.05, 3.63) is 45.6 Å². The number of aromatic nitrogens is 2. The number of nitriles is 1. The number of aryl methyl sites for hydroxylation is 1. The van der Waals surface area contributed by atoms with Gasteiger partial charge in [-0.1, -0.05) is 25.4 Å². The maximum absolute atomic E-state index is 13.4. The predicted molar refractivity (Wildman–Crippen MR) is 93.1 cm³/mol. The van der Waals surface area contributed by atoms with Gasteiger partial charge < -0.3 is 4.74 Å². The van der Waals surface area contributed by atoms with Gasteiger partial charge in [-0.2, -0.15) is 18.4 Å². The molecule has 1 aromatic carbocycles. The summed E-state index contributed by atoms with van der Waals surface area (Å²) in [5.41, 5.74) is 5.39. The summed E-state index contributed by atoms with van der Waals surface area (Å²) in [5.74, 6) is -1.05. The van der Waals surface area contributed by atoms with Crippen LogP contribution < -0.4 is 10.5 Å². The minimum atomic E-state index is -4.58. The van der Waals surface area contributed by atoms with Crippen LogP contribution in [0, 0.1) is 30.1 Å². The normalized spacial score (nSPS) is 25.0. The Hall–Kier alpha value is -2.24. The number of aromatic amines is 1. The monoisotopic (exact) mass is 398 g/mol. The molecule has 0 fully saturated rings. The quantitative estimate of drug-likeness (QED) is 0.795. The third kappa shape index (κ3) is 2.86. The molecule has 0 saturated carbocycles. The molecule has 3 N–H and O–H groups in total. The van der Waals surface area contributed by atoms with E-state index < -0.39 is 29.3 Å². The molecule has 9 heteroatoms. The Kier molecular flexibility index (Phi) is 4.65. The maximum Gasteiger partial charge on any atom is 0.416 e. The highest BCUT2D eigenvalue weighted by Gasteiger charge is 2.55. The fourth-order valence-corrected chi connectivity index (χ4v) is 4.30. The average molecular weight is 399 g/mol. The van der Waals surface area contributed by atoms with E-state index in [1.807, 2.05) is 13.8 Å². The molecule has 0 amide bonds. The maximum atomic E-state index is 13.4. The molecule has 0 spiro atoms. The molecule has 3 rings (SSSR count). The van der Waals surface area contributed by atoms with E-state index >= 15 is 0 Å². The average Bonchev–Trinajstić information content (AvgIpc) is 2.92. The van der Waals surface area contributed by atoms with E-state index in [-0.39, 0.29) is 22.4 Å². The van der Waals surface area contributed by atoms with Gasteiger partial charge in [0, 0.05) is 16.3 Å². The summed E-state index contributed by atoms with van der Waals surface area (Å²) in [6.45, 7) is 5.38. The highest BCUT2D eigenvalue weighted by atomic mass is 35.5. The largest absolute Gasteiger partial charge is 0.456 e. The second-order valence-corrected chi connectivity index (χ2v) is 7.40. The molecule has 27 heavy (non-hydrogen) atoms. The highest BCUT2D eigenvalue weighted by molar-refractivity contribution is 6.30. The van der Waals surface area contributed by atoms with Crippen LogP contribution in [0.15, 0.2) is 18.2 Å². The van der Waals surface area contributed by atoms with E-state index in [1.54, 1.807) is 6.92 Å². The number of alkyl halides is 3. The minimum absolute atomic E-state index is 0.0701. The van der Waals surface area contributed by atoms with Gasteiger partial charge in [0.1, 0.15) is 5.92 Å². The number of hydrogen-bond donors (Lipinski definition) is 2. The van der Waals surface area contributed by atoms with Crippen LogP contribution in [0.4, 0.5) is 13.2 Å². The molecule has 0 aliphatic carbocycles. The summed E-state index contributed by atoms with van der Waals surface area (Å²) in [4.78, 5) is 0. The first kappa shape index (κ1) is 19.5. The molecule has 144 valence electrons. The van der Waals surface area contributed by atoms with Gasteiger partial charge in [0.05, 0.1) is 17.0 Å². The zero-order chi connectivity index (χ0) is 20.1. The van der Waals surface area contributed by atoms with Crippen molar-refractivity contribution >= 4 is 11.6 Å². The van der Waals surface area contributed by atoms with Gasteiger partial charge in [0.2, 0.25) is 5.88 Å². The number of nitrogens with zero attached hydrogens (tertiary/aromatic N) is 2. The van der Waals surface area contributed by atoms with Crippen LogP contribution in [0.5, 0.6) is 5.88 Å². The minimum Gasteiger partial charge on any atom is -0.456 e. The molecule has 0 radical (unpaired) electrons. The second-order valence-electron chi connectivity index (χ2n) is 6.97. The van der Waals surface area contributed by atoms with E-state index in [0.717, 1.165) is 12.1 Å². The third-order valence-corrected chi connectivity index (χ3v) is 5.37. The Morgan fingerprint density at radius 2 is 2.04 bits per heavy atom. The second kappa shape index (κ2) is 6.43. The lowest BCUT2D eigenvalue weighted by Gasteiger charge is -2.46. The van der Waals surface area contributed by atoms with Crippen LogP contribution in [0.1, 0.15) is 36.2 Å². The molecule has 1 aliphatic heterocycles. The van der Waals surface area contributed by atoms with Crippen LogP contribution in [-0.2, 0) is 11.6 Å². The number of nitrogens with one attached hydrogen (secondary N) is 1. The smallest absolute Gasteiger partial charge is 0.416 e. The van der Waals surface area contributed by atoms with E-state index in [9.17, 15) is 18.4 Å². The number of nitrogens with two attached hydrogens (primary N) is 1. The van der Waals surface area contributed by atoms with Gasteiger partial charge in [-0.05, 0) is 36.6 Å². The van der Waals surface area contributed by atoms with Crippen LogP contribution in [0.25, 0.3) is 0 Å². The molecule has 2 heterocycles. The van der Waals surface area contributed by atoms with Crippen LogP contribution in [0.3, 0.4) is 0 Å². The standard InChI is InChI=1S/C18H18ClF3N4O/c1-8(2)17(10-4-11(18(20,21)22)6-12(19)5-10)13(7-23)15(24)27-16-14(17)9(3)25-26-16/h4-6,8,13,15H,24H2,1-3H3,(H,25,26). The Morgan fingerprint density at radius 3 is 2.59 bits per heavy atom. The first-order valence-corrected chi connectivity index (χ1v) is 8.66. The molecule has 0 bridgehead atoms. The number of rotatable bonds is 2. The van der Waals surface area contributed by atoms with Crippen molar-refractivity contribution in [3.8, 4) is 11.9 Å². The van der Waals surface area contributed by atoms with Gasteiger partial charge in [0.25, 0.3) is 0 Å². The lowest BCUT2D eigenvalue weighted by Crippen LogP contribution is -2.54. The zero-order valence-electron chi connectivity index (χ0n) is 14.9. The first-order valence-electron chi connectivity index (χ1n) is 8.29. The van der Waals surface area contributed by atoms with Gasteiger partial charge in [-0.15, -0.1) is 5.10 Å². The number of halogens is 4. The molecular formula is C18H18ClF3N4O. The topological polar surface area (TPSA) is 87.7 Å². The Labute approximate surface area is 159 Å². The van der Waals surface area contributed by atoms with Crippen LogP contribution >= 0.6 is 11.6 Å². The molecule has 1 aromatic heterocycles.